The second-order valence-corrected chi connectivity index (χ2v) is 8.02. The number of alkyl carbamates (subject to hydrolysis) is 1. The van der Waals surface area contributed by atoms with E-state index in [1.165, 1.54) is 6.08 Å². The maximum absolute atomic E-state index is 12.6. The third-order valence-electron chi connectivity index (χ3n) is 4.50. The Hall–Kier alpha value is -3.54. The van der Waals surface area contributed by atoms with E-state index in [1.54, 1.807) is 20.8 Å². The highest BCUT2D eigenvalue weighted by molar-refractivity contribution is 5.91. The summed E-state index contributed by atoms with van der Waals surface area (Å²) in [6, 6.07) is 9.53. The van der Waals surface area contributed by atoms with E-state index in [1.807, 2.05) is 30.3 Å². The number of amides is 3. The maximum Gasteiger partial charge on any atom is 0.425 e. The topological polar surface area (TPSA) is 118 Å². The van der Waals surface area contributed by atoms with Crippen molar-refractivity contribution < 1.29 is 28.6 Å². The molecule has 1 aliphatic heterocycles. The van der Waals surface area contributed by atoms with E-state index in [9.17, 15) is 19.6 Å². The van der Waals surface area contributed by atoms with Crippen LogP contribution in [0.25, 0.3) is 0 Å². The summed E-state index contributed by atoms with van der Waals surface area (Å²) in [5, 5.41) is 12.0. The zero-order valence-electron chi connectivity index (χ0n) is 17.0. The zero-order chi connectivity index (χ0) is 21.9. The Morgan fingerprint density at radius 1 is 1.30 bits per heavy atom. The van der Waals surface area contributed by atoms with Crippen molar-refractivity contribution in [3.63, 3.8) is 0 Å². The molecule has 1 fully saturated rings. The van der Waals surface area contributed by atoms with Gasteiger partial charge in [-0.1, -0.05) is 30.3 Å². The van der Waals surface area contributed by atoms with Crippen molar-refractivity contribution >= 4 is 18.3 Å². The van der Waals surface area contributed by atoms with Crippen LogP contribution in [0.15, 0.2) is 42.2 Å². The molecular weight excluding hydrogens is 390 g/mol. The molecule has 2 aliphatic rings. The first-order valence-electron chi connectivity index (χ1n) is 9.50. The number of imide groups is 1. The van der Waals surface area contributed by atoms with E-state index in [-0.39, 0.29) is 18.8 Å². The van der Waals surface area contributed by atoms with Crippen molar-refractivity contribution in [3.05, 3.63) is 47.7 Å². The Bertz CT molecular complexity index is 900. The highest BCUT2D eigenvalue weighted by atomic mass is 16.6. The van der Waals surface area contributed by atoms with Crippen molar-refractivity contribution in [3.8, 4) is 6.07 Å². The molecule has 30 heavy (non-hydrogen) atoms. The smallest absolute Gasteiger partial charge is 0.425 e. The van der Waals surface area contributed by atoms with Gasteiger partial charge in [-0.3, -0.25) is 0 Å². The van der Waals surface area contributed by atoms with Gasteiger partial charge in [-0.05, 0) is 38.8 Å². The molecule has 3 atom stereocenters. The maximum atomic E-state index is 12.6. The van der Waals surface area contributed by atoms with E-state index in [0.29, 0.717) is 0 Å². The van der Waals surface area contributed by atoms with Gasteiger partial charge in [0.15, 0.2) is 0 Å². The second-order valence-electron chi connectivity index (χ2n) is 8.02. The number of hydrogen-bond donors (Lipinski definition) is 1. The van der Waals surface area contributed by atoms with E-state index < -0.39 is 41.9 Å². The normalized spacial score (nSPS) is 22.9. The fraction of sp³-hybridized carbons (Fsp3) is 0.429. The molecule has 1 N–H and O–H groups in total. The lowest BCUT2D eigenvalue weighted by molar-refractivity contribution is 0.0264. The number of nitrogens with one attached hydrogen (secondary N) is 1. The molecule has 158 valence electrons. The first kappa shape index (κ1) is 21.2. The van der Waals surface area contributed by atoms with E-state index >= 15 is 0 Å². The molecule has 1 aromatic carbocycles. The number of carbonyl (C=O) groups excluding carboxylic acids is 3. The Morgan fingerprint density at radius 3 is 2.63 bits per heavy atom. The lowest BCUT2D eigenvalue weighted by atomic mass is 9.87. The van der Waals surface area contributed by atoms with E-state index in [2.05, 4.69) is 11.4 Å². The molecule has 0 saturated carbocycles. The monoisotopic (exact) mass is 413 g/mol. The van der Waals surface area contributed by atoms with E-state index in [4.69, 9.17) is 14.2 Å². The average Bonchev–Trinajstić information content (AvgIpc) is 3.02. The van der Waals surface area contributed by atoms with Gasteiger partial charge in [0.05, 0.1) is 18.0 Å². The van der Waals surface area contributed by atoms with Gasteiger partial charge in [-0.15, -0.1) is 0 Å². The summed E-state index contributed by atoms with van der Waals surface area (Å²) in [5.74, 6) is -0.459. The van der Waals surface area contributed by atoms with Crippen LogP contribution in [0.2, 0.25) is 0 Å². The van der Waals surface area contributed by atoms with Crippen molar-refractivity contribution in [2.45, 2.75) is 51.5 Å². The Morgan fingerprint density at radius 2 is 2.00 bits per heavy atom. The Labute approximate surface area is 174 Å². The number of carbonyl (C=O) groups is 3. The summed E-state index contributed by atoms with van der Waals surface area (Å²) in [6.45, 7) is 5.07. The minimum Gasteiger partial charge on any atom is -0.445 e. The highest BCUT2D eigenvalue weighted by Crippen LogP contribution is 2.35. The molecule has 0 bridgehead atoms. The van der Waals surface area contributed by atoms with Crippen LogP contribution in [0.1, 0.15) is 32.8 Å². The molecule has 0 aromatic heterocycles. The summed E-state index contributed by atoms with van der Waals surface area (Å²) in [4.78, 5) is 38.1. The van der Waals surface area contributed by atoms with Gasteiger partial charge in [0.1, 0.15) is 24.0 Å². The van der Waals surface area contributed by atoms with Crippen LogP contribution in [-0.4, -0.2) is 40.9 Å². The Kier molecular flexibility index (Phi) is 5.96. The standard InChI is InChI=1S/C21H23N3O6/c1-21(2,3)30-20(27)24-17-15(9-14(11-22)10-16(17)29-19(24)26)23-18(25)28-12-13-7-5-4-6-8-13/h4-8,10,14-15,17H,9,12H2,1-3H3,(H,23,25)/t14?,15-,17+/m0/s1. The van der Waals surface area contributed by atoms with Crippen LogP contribution in [-0.2, 0) is 20.8 Å². The number of nitriles is 1. The van der Waals surface area contributed by atoms with Crippen molar-refractivity contribution in [1.82, 2.24) is 10.2 Å². The van der Waals surface area contributed by atoms with Crippen LogP contribution in [0.3, 0.4) is 0 Å². The number of benzene rings is 1. The minimum absolute atomic E-state index is 0.0552. The minimum atomic E-state index is -0.916. The predicted octanol–water partition coefficient (Wildman–Crippen LogP) is 3.46. The number of fused-ring (bicyclic) bond motifs is 1. The number of ether oxygens (including phenoxy) is 3. The van der Waals surface area contributed by atoms with Crippen LogP contribution in [0, 0.1) is 17.2 Å². The molecule has 1 heterocycles. The average molecular weight is 413 g/mol. The summed E-state index contributed by atoms with van der Waals surface area (Å²) in [6.07, 6.45) is -0.865. The molecule has 0 radical (unpaired) electrons. The number of allylic oxidation sites excluding steroid dienone is 1. The van der Waals surface area contributed by atoms with Crippen LogP contribution < -0.4 is 5.32 Å². The largest absolute Gasteiger partial charge is 0.445 e. The number of hydrogen-bond acceptors (Lipinski definition) is 7. The number of nitrogens with zero attached hydrogens (tertiary/aromatic N) is 2. The van der Waals surface area contributed by atoms with Gasteiger partial charge < -0.3 is 19.5 Å². The Balaban J connectivity index is 1.75. The highest BCUT2D eigenvalue weighted by Gasteiger charge is 2.51. The molecule has 3 amide bonds. The van der Waals surface area contributed by atoms with Crippen LogP contribution in [0.5, 0.6) is 0 Å². The summed E-state index contributed by atoms with van der Waals surface area (Å²) < 4.78 is 15.7. The van der Waals surface area contributed by atoms with Crippen LogP contribution in [0.4, 0.5) is 14.4 Å². The summed E-state index contributed by atoms with van der Waals surface area (Å²) in [7, 11) is 0. The first-order chi connectivity index (χ1) is 14.2. The van der Waals surface area contributed by atoms with Crippen molar-refractivity contribution in [1.29, 1.82) is 5.26 Å². The molecule has 1 unspecified atom stereocenters. The van der Waals surface area contributed by atoms with Crippen LogP contribution >= 0.6 is 0 Å². The molecule has 1 aliphatic carbocycles. The van der Waals surface area contributed by atoms with Gasteiger partial charge in [0.25, 0.3) is 0 Å². The molecule has 1 aromatic rings. The van der Waals surface area contributed by atoms with Gasteiger partial charge in [-0.2, -0.15) is 10.2 Å². The third-order valence-corrected chi connectivity index (χ3v) is 4.50. The zero-order valence-corrected chi connectivity index (χ0v) is 17.0. The summed E-state index contributed by atoms with van der Waals surface area (Å²) in [5.41, 5.74) is -0.0212. The lowest BCUT2D eigenvalue weighted by Crippen LogP contribution is -2.54. The van der Waals surface area contributed by atoms with Crippen molar-refractivity contribution in [2.75, 3.05) is 0 Å². The summed E-state index contributed by atoms with van der Waals surface area (Å²) >= 11 is 0. The van der Waals surface area contributed by atoms with Gasteiger partial charge in [0.2, 0.25) is 0 Å². The molecule has 3 rings (SSSR count). The fourth-order valence-electron chi connectivity index (χ4n) is 3.27. The molecular formula is C21H23N3O6. The van der Waals surface area contributed by atoms with Gasteiger partial charge in [-0.25, -0.2) is 14.4 Å². The fourth-order valence-corrected chi connectivity index (χ4v) is 3.27. The number of rotatable bonds is 3. The molecule has 9 nitrogen and oxygen atoms in total. The van der Waals surface area contributed by atoms with Gasteiger partial charge in [0, 0.05) is 0 Å². The third kappa shape index (κ3) is 4.89. The van der Waals surface area contributed by atoms with Crippen molar-refractivity contribution in [2.24, 2.45) is 5.92 Å². The van der Waals surface area contributed by atoms with E-state index in [0.717, 1.165) is 10.5 Å². The molecule has 9 heteroatoms. The SMILES string of the molecule is CC(C)(C)OC(=O)N1C(=O)OC2=CC(C#N)C[C@H](NC(=O)OCc3ccccc3)[C@H]21. The lowest BCUT2D eigenvalue weighted by Gasteiger charge is -2.33. The first-order valence-corrected chi connectivity index (χ1v) is 9.50. The quantitative estimate of drug-likeness (QED) is 0.754. The van der Waals surface area contributed by atoms with Gasteiger partial charge >= 0.3 is 18.3 Å². The predicted molar refractivity (Wildman–Crippen MR) is 104 cm³/mol. The molecule has 1 saturated heterocycles. The molecule has 0 spiro atoms. The second kappa shape index (κ2) is 8.45.